The SMILES string of the molecule is S=C(Oc1ccc(Cl)cc1)SC(c1ccc(Cl)cc1)C(Cl)n1ccnc1. The first-order valence-electron chi connectivity index (χ1n) is 7.54. The molecular weight excluding hydrogens is 431 g/mol. The van der Waals surface area contributed by atoms with Crippen LogP contribution in [0.15, 0.2) is 67.3 Å². The molecule has 0 aliphatic rings. The Kier molecular flexibility index (Phi) is 6.84. The summed E-state index contributed by atoms with van der Waals surface area (Å²) in [7, 11) is 0. The second-order valence-electron chi connectivity index (χ2n) is 5.28. The third-order valence-electron chi connectivity index (χ3n) is 3.50. The van der Waals surface area contributed by atoms with Crippen LogP contribution in [0.1, 0.15) is 16.3 Å². The largest absolute Gasteiger partial charge is 0.440 e. The summed E-state index contributed by atoms with van der Waals surface area (Å²) in [4.78, 5) is 4.06. The highest BCUT2D eigenvalue weighted by Gasteiger charge is 2.26. The van der Waals surface area contributed by atoms with Crippen LogP contribution in [0, 0.1) is 0 Å². The predicted octanol–water partition coefficient (Wildman–Crippen LogP) is 6.77. The second kappa shape index (κ2) is 9.11. The van der Waals surface area contributed by atoms with E-state index < -0.39 is 5.50 Å². The summed E-state index contributed by atoms with van der Waals surface area (Å²) >= 11 is 25.4. The number of nitrogens with zero attached hydrogens (tertiary/aromatic N) is 2. The molecule has 2 aromatic carbocycles. The van der Waals surface area contributed by atoms with E-state index in [9.17, 15) is 0 Å². The van der Waals surface area contributed by atoms with E-state index in [-0.39, 0.29) is 5.25 Å². The van der Waals surface area contributed by atoms with Gasteiger partial charge in [0.05, 0.1) is 11.6 Å². The number of rotatable bonds is 5. The Morgan fingerprint density at radius 3 is 2.23 bits per heavy atom. The molecule has 0 bridgehead atoms. The molecular formula is C18H13Cl3N2OS2. The fraction of sp³-hybridized carbons (Fsp3) is 0.111. The van der Waals surface area contributed by atoms with Crippen molar-refractivity contribution in [2.45, 2.75) is 10.8 Å². The molecule has 26 heavy (non-hydrogen) atoms. The summed E-state index contributed by atoms with van der Waals surface area (Å²) in [5.41, 5.74) is 0.575. The summed E-state index contributed by atoms with van der Waals surface area (Å²) in [6.45, 7) is 0. The Balaban J connectivity index is 1.79. The molecule has 3 nitrogen and oxygen atoms in total. The lowest BCUT2D eigenvalue weighted by Crippen LogP contribution is -2.13. The quantitative estimate of drug-likeness (QED) is 0.321. The number of hydrogen-bond donors (Lipinski definition) is 0. The Labute approximate surface area is 176 Å². The maximum Gasteiger partial charge on any atom is 0.226 e. The van der Waals surface area contributed by atoms with Crippen molar-refractivity contribution in [2.24, 2.45) is 0 Å². The van der Waals surface area contributed by atoms with Gasteiger partial charge in [-0.05, 0) is 54.2 Å². The average Bonchev–Trinajstić information content (AvgIpc) is 3.17. The Morgan fingerprint density at radius 1 is 1.04 bits per heavy atom. The third kappa shape index (κ3) is 5.15. The number of benzene rings is 2. The standard InChI is InChI=1S/C18H13Cl3N2OS2/c19-13-3-1-12(2-4-13)16(17(21)23-10-9-22-11-23)26-18(25)24-15-7-5-14(20)6-8-15/h1-11,16-17H. The average molecular weight is 444 g/mol. The summed E-state index contributed by atoms with van der Waals surface area (Å²) in [5, 5.41) is 1.10. The van der Waals surface area contributed by atoms with Crippen LogP contribution in [-0.2, 0) is 0 Å². The number of halogens is 3. The van der Waals surface area contributed by atoms with Crippen molar-refractivity contribution in [3.8, 4) is 5.75 Å². The van der Waals surface area contributed by atoms with E-state index in [0.29, 0.717) is 20.2 Å². The number of thiocarbonyl (C=S) groups is 1. The van der Waals surface area contributed by atoms with Crippen molar-refractivity contribution in [3.05, 3.63) is 82.9 Å². The van der Waals surface area contributed by atoms with Gasteiger partial charge in [-0.1, -0.05) is 58.7 Å². The molecule has 0 N–H and O–H groups in total. The topological polar surface area (TPSA) is 27.1 Å². The fourth-order valence-electron chi connectivity index (χ4n) is 2.23. The van der Waals surface area contributed by atoms with E-state index in [4.69, 9.17) is 51.8 Å². The number of imidazole rings is 1. The van der Waals surface area contributed by atoms with Crippen molar-refractivity contribution >= 4 is 63.2 Å². The minimum atomic E-state index is -0.407. The van der Waals surface area contributed by atoms with Gasteiger partial charge in [-0.25, -0.2) is 4.98 Å². The summed E-state index contributed by atoms with van der Waals surface area (Å²) in [5.74, 6) is 0.621. The van der Waals surface area contributed by atoms with E-state index in [1.807, 2.05) is 35.0 Å². The van der Waals surface area contributed by atoms with Crippen molar-refractivity contribution in [3.63, 3.8) is 0 Å². The van der Waals surface area contributed by atoms with Crippen LogP contribution in [0.2, 0.25) is 10.0 Å². The van der Waals surface area contributed by atoms with Gasteiger partial charge in [-0.2, -0.15) is 0 Å². The zero-order chi connectivity index (χ0) is 18.5. The zero-order valence-corrected chi connectivity index (χ0v) is 17.2. The number of thioether (sulfide) groups is 1. The van der Waals surface area contributed by atoms with Gasteiger partial charge in [0.2, 0.25) is 4.38 Å². The lowest BCUT2D eigenvalue weighted by atomic mass is 10.1. The molecule has 0 spiro atoms. The summed E-state index contributed by atoms with van der Waals surface area (Å²) < 4.78 is 7.92. The number of aromatic nitrogens is 2. The molecule has 0 aliphatic carbocycles. The molecule has 1 heterocycles. The summed E-state index contributed by atoms with van der Waals surface area (Å²) in [6, 6.07) is 14.5. The maximum absolute atomic E-state index is 6.69. The predicted molar refractivity (Wildman–Crippen MR) is 114 cm³/mol. The minimum absolute atomic E-state index is 0.192. The first-order valence-corrected chi connectivity index (χ1v) is 10.0. The highest BCUT2D eigenvalue weighted by molar-refractivity contribution is 8.22. The maximum atomic E-state index is 6.69. The van der Waals surface area contributed by atoms with Gasteiger partial charge < -0.3 is 9.30 Å². The van der Waals surface area contributed by atoms with Crippen molar-refractivity contribution in [1.29, 1.82) is 0 Å². The van der Waals surface area contributed by atoms with Gasteiger partial charge in [-0.15, -0.1) is 0 Å². The van der Waals surface area contributed by atoms with E-state index in [2.05, 4.69) is 4.98 Å². The van der Waals surface area contributed by atoms with Crippen molar-refractivity contribution in [1.82, 2.24) is 9.55 Å². The highest BCUT2D eigenvalue weighted by Crippen LogP contribution is 2.42. The first-order chi connectivity index (χ1) is 12.5. The van der Waals surface area contributed by atoms with E-state index in [1.165, 1.54) is 11.8 Å². The Bertz CT molecular complexity index is 855. The third-order valence-corrected chi connectivity index (χ3v) is 6.06. The zero-order valence-electron chi connectivity index (χ0n) is 13.3. The molecule has 0 radical (unpaired) electrons. The van der Waals surface area contributed by atoms with E-state index >= 15 is 0 Å². The number of ether oxygens (including phenoxy) is 1. The molecule has 0 aliphatic heterocycles. The number of hydrogen-bond acceptors (Lipinski definition) is 4. The lowest BCUT2D eigenvalue weighted by Gasteiger charge is -2.23. The van der Waals surface area contributed by atoms with Gasteiger partial charge in [-0.3, -0.25) is 0 Å². The van der Waals surface area contributed by atoms with Crippen LogP contribution >= 0.6 is 58.8 Å². The van der Waals surface area contributed by atoms with E-state index in [1.54, 1.807) is 36.8 Å². The van der Waals surface area contributed by atoms with Crippen LogP contribution in [0.25, 0.3) is 0 Å². The van der Waals surface area contributed by atoms with Gasteiger partial charge >= 0.3 is 0 Å². The van der Waals surface area contributed by atoms with E-state index in [0.717, 1.165) is 5.56 Å². The normalized spacial score (nSPS) is 13.2. The molecule has 0 saturated carbocycles. The molecule has 3 aromatic rings. The van der Waals surface area contributed by atoms with Crippen molar-refractivity contribution in [2.75, 3.05) is 0 Å². The smallest absolute Gasteiger partial charge is 0.226 e. The monoisotopic (exact) mass is 442 g/mol. The van der Waals surface area contributed by atoms with Gasteiger partial charge in [0.15, 0.2) is 0 Å². The molecule has 8 heteroatoms. The molecule has 2 atom stereocenters. The summed E-state index contributed by atoms with van der Waals surface area (Å²) in [6.07, 6.45) is 5.16. The minimum Gasteiger partial charge on any atom is -0.440 e. The van der Waals surface area contributed by atoms with Crippen LogP contribution < -0.4 is 4.74 Å². The van der Waals surface area contributed by atoms with Gasteiger partial charge in [0.25, 0.3) is 0 Å². The first kappa shape index (κ1) is 19.5. The van der Waals surface area contributed by atoms with Crippen LogP contribution in [0.5, 0.6) is 5.75 Å². The Morgan fingerprint density at radius 2 is 1.65 bits per heavy atom. The Hall–Kier alpha value is -1.24. The number of alkyl halides is 1. The highest BCUT2D eigenvalue weighted by atomic mass is 35.5. The van der Waals surface area contributed by atoms with Crippen molar-refractivity contribution < 1.29 is 4.74 Å². The molecule has 1 aromatic heterocycles. The molecule has 134 valence electrons. The molecule has 0 saturated heterocycles. The van der Waals surface area contributed by atoms with Crippen LogP contribution in [0.4, 0.5) is 0 Å². The lowest BCUT2D eigenvalue weighted by molar-refractivity contribution is 0.577. The molecule has 0 fully saturated rings. The van der Waals surface area contributed by atoms with Crippen LogP contribution in [0.3, 0.4) is 0 Å². The molecule has 2 unspecified atom stereocenters. The second-order valence-corrected chi connectivity index (χ2v) is 8.34. The molecule has 0 amide bonds. The molecule has 3 rings (SSSR count). The fourth-order valence-corrected chi connectivity index (χ4v) is 4.21. The van der Waals surface area contributed by atoms with Gasteiger partial charge in [0, 0.05) is 22.4 Å². The van der Waals surface area contributed by atoms with Crippen LogP contribution in [-0.4, -0.2) is 13.9 Å². The van der Waals surface area contributed by atoms with Gasteiger partial charge in [0.1, 0.15) is 11.3 Å².